The van der Waals surface area contributed by atoms with Gasteiger partial charge in [0.25, 0.3) is 0 Å². The van der Waals surface area contributed by atoms with Crippen LogP contribution in [-0.4, -0.2) is 22.0 Å². The minimum atomic E-state index is -0.784. The van der Waals surface area contributed by atoms with E-state index in [0.717, 1.165) is 16.7 Å². The SMILES string of the molecule is N#Cc1c(N)nc(S[C@@H]2CC(=O)N(c3ccc(Cl)cc3)C2=O)c(C#N)c1-c1ccccc1. The molecule has 7 nitrogen and oxygen atoms in total. The summed E-state index contributed by atoms with van der Waals surface area (Å²) >= 11 is 6.90. The van der Waals surface area contributed by atoms with Crippen molar-refractivity contribution in [2.75, 3.05) is 10.6 Å². The summed E-state index contributed by atoms with van der Waals surface area (Å²) < 4.78 is 0. The lowest BCUT2D eigenvalue weighted by Crippen LogP contribution is -2.31. The molecule has 2 N–H and O–H groups in total. The van der Waals surface area contributed by atoms with Gasteiger partial charge in [0, 0.05) is 17.0 Å². The molecule has 4 rings (SSSR count). The lowest BCUT2D eigenvalue weighted by Gasteiger charge is -2.16. The molecule has 156 valence electrons. The van der Waals surface area contributed by atoms with Gasteiger partial charge < -0.3 is 5.73 Å². The minimum Gasteiger partial charge on any atom is -0.383 e. The average Bonchev–Trinajstić information content (AvgIpc) is 3.07. The molecule has 1 fully saturated rings. The van der Waals surface area contributed by atoms with E-state index in [9.17, 15) is 20.1 Å². The summed E-state index contributed by atoms with van der Waals surface area (Å²) in [5.41, 5.74) is 7.67. The lowest BCUT2D eigenvalue weighted by atomic mass is 9.97. The monoisotopic (exact) mass is 459 g/mol. The number of pyridine rings is 1. The van der Waals surface area contributed by atoms with Crippen LogP contribution in [-0.2, 0) is 9.59 Å². The molecule has 0 spiro atoms. The fraction of sp³-hybridized carbons (Fsp3) is 0.0870. The second kappa shape index (κ2) is 8.72. The van der Waals surface area contributed by atoms with Gasteiger partial charge >= 0.3 is 0 Å². The Labute approximate surface area is 193 Å². The number of carbonyl (C=O) groups excluding carboxylic acids is 2. The van der Waals surface area contributed by atoms with E-state index in [1.807, 2.05) is 12.1 Å². The fourth-order valence-corrected chi connectivity index (χ4v) is 4.71. The number of anilines is 2. The van der Waals surface area contributed by atoms with Crippen LogP contribution in [0.25, 0.3) is 11.1 Å². The first kappa shape index (κ1) is 21.4. The second-order valence-electron chi connectivity index (χ2n) is 6.87. The number of imide groups is 1. The van der Waals surface area contributed by atoms with Gasteiger partial charge in [-0.05, 0) is 29.8 Å². The summed E-state index contributed by atoms with van der Waals surface area (Å²) in [6.45, 7) is 0. The predicted octanol–water partition coefficient (Wildman–Crippen LogP) is 4.15. The summed E-state index contributed by atoms with van der Waals surface area (Å²) in [6, 6.07) is 19.4. The molecule has 0 bridgehead atoms. The van der Waals surface area contributed by atoms with Crippen LogP contribution in [0, 0.1) is 22.7 Å². The number of thioether (sulfide) groups is 1. The summed E-state index contributed by atoms with van der Waals surface area (Å²) in [6.07, 6.45) is -0.0563. The number of carbonyl (C=O) groups is 2. The summed E-state index contributed by atoms with van der Waals surface area (Å²) in [4.78, 5) is 30.9. The number of nitrogens with two attached hydrogens (primary N) is 1. The van der Waals surface area contributed by atoms with Crippen molar-refractivity contribution in [3.63, 3.8) is 0 Å². The molecule has 0 unspecified atom stereocenters. The summed E-state index contributed by atoms with van der Waals surface area (Å²) in [7, 11) is 0. The van der Waals surface area contributed by atoms with Crippen molar-refractivity contribution in [2.24, 2.45) is 0 Å². The molecule has 3 aromatic rings. The number of benzene rings is 2. The van der Waals surface area contributed by atoms with Gasteiger partial charge in [-0.2, -0.15) is 10.5 Å². The smallest absolute Gasteiger partial charge is 0.247 e. The van der Waals surface area contributed by atoms with Gasteiger partial charge in [0.15, 0.2) is 0 Å². The molecular formula is C23H14ClN5O2S. The Hall–Kier alpha value is -3.85. The van der Waals surface area contributed by atoms with Crippen molar-refractivity contribution in [3.05, 3.63) is 70.7 Å². The van der Waals surface area contributed by atoms with Gasteiger partial charge in [0.1, 0.15) is 28.5 Å². The maximum absolute atomic E-state index is 13.0. The van der Waals surface area contributed by atoms with E-state index in [4.69, 9.17) is 17.3 Å². The molecule has 2 aromatic carbocycles. The van der Waals surface area contributed by atoms with Crippen molar-refractivity contribution in [2.45, 2.75) is 16.7 Å². The van der Waals surface area contributed by atoms with E-state index in [1.165, 1.54) is 0 Å². The molecule has 9 heteroatoms. The number of amides is 2. The third-order valence-corrected chi connectivity index (χ3v) is 6.35. The molecule has 1 atom stereocenters. The van der Waals surface area contributed by atoms with E-state index < -0.39 is 11.2 Å². The highest BCUT2D eigenvalue weighted by Gasteiger charge is 2.41. The fourth-order valence-electron chi connectivity index (χ4n) is 3.47. The highest BCUT2D eigenvalue weighted by Crippen LogP contribution is 2.40. The van der Waals surface area contributed by atoms with E-state index >= 15 is 0 Å². The van der Waals surface area contributed by atoms with Crippen molar-refractivity contribution < 1.29 is 9.59 Å². The number of hydrogen-bond donors (Lipinski definition) is 1. The molecule has 32 heavy (non-hydrogen) atoms. The van der Waals surface area contributed by atoms with E-state index in [0.29, 0.717) is 21.8 Å². The van der Waals surface area contributed by atoms with Crippen LogP contribution in [0.5, 0.6) is 0 Å². The highest BCUT2D eigenvalue weighted by atomic mass is 35.5. The molecule has 0 saturated carbocycles. The molecule has 1 aliphatic rings. The highest BCUT2D eigenvalue weighted by molar-refractivity contribution is 8.00. The molecule has 0 radical (unpaired) electrons. The lowest BCUT2D eigenvalue weighted by molar-refractivity contribution is -0.121. The maximum Gasteiger partial charge on any atom is 0.247 e. The van der Waals surface area contributed by atoms with Gasteiger partial charge in [-0.3, -0.25) is 9.59 Å². The summed E-state index contributed by atoms with van der Waals surface area (Å²) in [5, 5.41) is 19.4. The summed E-state index contributed by atoms with van der Waals surface area (Å²) in [5.74, 6) is -0.824. The van der Waals surface area contributed by atoms with Crippen LogP contribution in [0.3, 0.4) is 0 Å². The van der Waals surface area contributed by atoms with E-state index in [1.54, 1.807) is 48.5 Å². The average molecular weight is 460 g/mol. The molecule has 2 amide bonds. The number of nitrogens with zero attached hydrogens (tertiary/aromatic N) is 4. The van der Waals surface area contributed by atoms with Crippen molar-refractivity contribution in [3.8, 4) is 23.3 Å². The number of rotatable bonds is 4. The third-order valence-electron chi connectivity index (χ3n) is 4.92. The van der Waals surface area contributed by atoms with Gasteiger partial charge in [-0.1, -0.05) is 53.7 Å². The van der Waals surface area contributed by atoms with Crippen molar-refractivity contribution in [1.82, 2.24) is 4.98 Å². The second-order valence-corrected chi connectivity index (χ2v) is 8.50. The first-order valence-electron chi connectivity index (χ1n) is 9.42. The van der Waals surface area contributed by atoms with Crippen LogP contribution in [0.1, 0.15) is 17.5 Å². The Balaban J connectivity index is 1.74. The van der Waals surface area contributed by atoms with Crippen LogP contribution >= 0.6 is 23.4 Å². The van der Waals surface area contributed by atoms with Gasteiger partial charge in [0.2, 0.25) is 11.8 Å². The number of aromatic nitrogens is 1. The largest absolute Gasteiger partial charge is 0.383 e. The molecule has 1 aromatic heterocycles. The van der Waals surface area contributed by atoms with Crippen molar-refractivity contribution in [1.29, 1.82) is 10.5 Å². The minimum absolute atomic E-state index is 0.0424. The van der Waals surface area contributed by atoms with Crippen LogP contribution in [0.15, 0.2) is 59.6 Å². The Morgan fingerprint density at radius 3 is 2.31 bits per heavy atom. The number of hydrogen-bond acceptors (Lipinski definition) is 7. The van der Waals surface area contributed by atoms with E-state index in [2.05, 4.69) is 11.1 Å². The molecule has 1 aliphatic heterocycles. The normalized spacial score (nSPS) is 15.5. The topological polar surface area (TPSA) is 124 Å². The van der Waals surface area contributed by atoms with Crippen LogP contribution < -0.4 is 10.6 Å². The van der Waals surface area contributed by atoms with Gasteiger partial charge in [0.05, 0.1) is 16.5 Å². The Bertz CT molecular complexity index is 1310. The van der Waals surface area contributed by atoms with Crippen LogP contribution in [0.4, 0.5) is 11.5 Å². The predicted molar refractivity (Wildman–Crippen MR) is 122 cm³/mol. The zero-order valence-electron chi connectivity index (χ0n) is 16.4. The van der Waals surface area contributed by atoms with Gasteiger partial charge in [-0.25, -0.2) is 9.88 Å². The Morgan fingerprint density at radius 2 is 1.69 bits per heavy atom. The number of halogens is 1. The quantitative estimate of drug-likeness (QED) is 0.581. The Kier molecular flexibility index (Phi) is 5.83. The molecule has 2 heterocycles. The molecule has 0 aliphatic carbocycles. The first-order valence-corrected chi connectivity index (χ1v) is 10.7. The number of nitriles is 2. The van der Waals surface area contributed by atoms with Crippen molar-refractivity contribution >= 4 is 46.7 Å². The first-order chi connectivity index (χ1) is 15.4. The third kappa shape index (κ3) is 3.78. The maximum atomic E-state index is 13.0. The molecular weight excluding hydrogens is 446 g/mol. The number of nitrogen functional groups attached to an aromatic ring is 1. The standard InChI is InChI=1S/C23H14ClN5O2S/c24-14-6-8-15(9-7-14)29-19(30)10-18(23(29)31)32-22-17(12-26)20(13-4-2-1-3-5-13)16(11-25)21(27)28-22/h1-9,18H,10H2,(H2,27,28)/t18-/m1/s1. The molecule has 1 saturated heterocycles. The zero-order valence-corrected chi connectivity index (χ0v) is 18.0. The van der Waals surface area contributed by atoms with Gasteiger partial charge in [-0.15, -0.1) is 0 Å². The van der Waals surface area contributed by atoms with Crippen LogP contribution in [0.2, 0.25) is 5.02 Å². The Morgan fingerprint density at radius 1 is 1.03 bits per heavy atom. The van der Waals surface area contributed by atoms with E-state index in [-0.39, 0.29) is 34.3 Å². The zero-order chi connectivity index (χ0) is 22.8.